The summed E-state index contributed by atoms with van der Waals surface area (Å²) in [5, 5.41) is 22.6. The van der Waals surface area contributed by atoms with Crippen molar-refractivity contribution >= 4 is 11.9 Å². The van der Waals surface area contributed by atoms with E-state index in [2.05, 4.69) is 14.1 Å². The second kappa shape index (κ2) is 12.6. The van der Waals surface area contributed by atoms with Gasteiger partial charge in [-0.3, -0.25) is 0 Å². The van der Waals surface area contributed by atoms with Crippen LogP contribution in [-0.2, 0) is 19.9 Å². The number of quaternary nitrogens is 1. The van der Waals surface area contributed by atoms with Gasteiger partial charge in [0.1, 0.15) is 6.54 Å². The highest BCUT2D eigenvalue weighted by Gasteiger charge is 2.49. The highest BCUT2D eigenvalue weighted by Crippen LogP contribution is 2.42. The summed E-state index contributed by atoms with van der Waals surface area (Å²) < 4.78 is 6.64. The molecule has 6 nitrogen and oxygen atoms in total. The summed E-state index contributed by atoms with van der Waals surface area (Å²) in [4.78, 5) is 24.1. The topological polar surface area (TPSA) is 86.7 Å². The lowest BCUT2D eigenvalue weighted by atomic mass is 9.80. The predicted molar refractivity (Wildman–Crippen MR) is 148 cm³/mol. The van der Waals surface area contributed by atoms with Crippen molar-refractivity contribution in [2.45, 2.75) is 49.7 Å². The molecule has 1 N–H and O–H groups in total. The fraction of sp³-hybridized carbons (Fsp3) is 0.394. The number of benzene rings is 3. The molecule has 0 radical (unpaired) electrons. The van der Waals surface area contributed by atoms with Crippen LogP contribution in [0, 0.1) is 5.92 Å². The lowest BCUT2D eigenvalue weighted by molar-refractivity contribution is -0.879. The smallest absolute Gasteiger partial charge is 0.343 e. The first kappa shape index (κ1) is 28.5. The van der Waals surface area contributed by atoms with Crippen LogP contribution in [0.1, 0.15) is 54.7 Å². The average molecular weight is 530 g/mol. The Labute approximate surface area is 231 Å². The Morgan fingerprint density at radius 1 is 0.846 bits per heavy atom. The Kier molecular flexibility index (Phi) is 9.20. The Hall–Kier alpha value is -3.48. The van der Waals surface area contributed by atoms with Gasteiger partial charge in [0.2, 0.25) is 0 Å². The fourth-order valence-corrected chi connectivity index (χ4v) is 5.88. The summed E-state index contributed by atoms with van der Waals surface area (Å²) in [6.45, 7) is 1.83. The summed E-state index contributed by atoms with van der Waals surface area (Å²) in [5.41, 5.74) is 0.656. The standard InChI is InChI=1S/C19H28NO3.C14H12O2/c1-20(2)13-12-17(14-20)23-18(21)19(22,16-10-6-7-11-16)15-8-4-3-5-9-15;15-14(16)13(11-7-3-1-4-8-11)12-9-5-2-6-10-12/h3-5,8-9,16-17,22H,6-7,10-14H2,1-2H3;1-10,13H,(H,15,16)/q+1;/p-1. The number of rotatable bonds is 7. The lowest BCUT2D eigenvalue weighted by Crippen LogP contribution is -2.46. The van der Waals surface area contributed by atoms with Gasteiger partial charge in [-0.1, -0.05) is 104 Å². The van der Waals surface area contributed by atoms with Crippen molar-refractivity contribution in [3.8, 4) is 0 Å². The van der Waals surface area contributed by atoms with Crippen LogP contribution in [0.4, 0.5) is 0 Å². The largest absolute Gasteiger partial charge is 0.549 e. The van der Waals surface area contributed by atoms with Gasteiger partial charge in [0.05, 0.1) is 26.6 Å². The van der Waals surface area contributed by atoms with Crippen LogP contribution in [0.2, 0.25) is 0 Å². The van der Waals surface area contributed by atoms with E-state index in [1.54, 1.807) is 24.3 Å². The zero-order valence-corrected chi connectivity index (χ0v) is 22.9. The van der Waals surface area contributed by atoms with E-state index >= 15 is 0 Å². The van der Waals surface area contributed by atoms with Gasteiger partial charge >= 0.3 is 5.97 Å². The monoisotopic (exact) mass is 529 g/mol. The second-order valence-electron chi connectivity index (χ2n) is 11.3. The third kappa shape index (κ3) is 6.94. The van der Waals surface area contributed by atoms with E-state index in [1.165, 1.54) is 0 Å². The first-order valence-electron chi connectivity index (χ1n) is 13.8. The molecule has 1 saturated carbocycles. The van der Waals surface area contributed by atoms with E-state index in [4.69, 9.17) is 4.74 Å². The minimum absolute atomic E-state index is 0.0405. The van der Waals surface area contributed by atoms with Crippen LogP contribution in [0.3, 0.4) is 0 Å². The summed E-state index contributed by atoms with van der Waals surface area (Å²) >= 11 is 0. The molecular formula is C33H39NO5. The van der Waals surface area contributed by atoms with E-state index in [9.17, 15) is 19.8 Å². The van der Waals surface area contributed by atoms with E-state index in [0.717, 1.165) is 60.8 Å². The van der Waals surface area contributed by atoms with Crippen LogP contribution < -0.4 is 5.11 Å². The zero-order chi connectivity index (χ0) is 27.9. The van der Waals surface area contributed by atoms with Crippen LogP contribution in [0.5, 0.6) is 0 Å². The second-order valence-corrected chi connectivity index (χ2v) is 11.3. The van der Waals surface area contributed by atoms with Crippen LogP contribution in [0.15, 0.2) is 91.0 Å². The number of carboxylic acid groups (broad SMARTS) is 1. The molecule has 1 heterocycles. The number of esters is 1. The Balaban J connectivity index is 0.000000193. The third-order valence-corrected chi connectivity index (χ3v) is 8.00. The van der Waals surface area contributed by atoms with Crippen molar-refractivity contribution < 1.29 is 29.0 Å². The van der Waals surface area contributed by atoms with Crippen LogP contribution in [0.25, 0.3) is 0 Å². The van der Waals surface area contributed by atoms with Gasteiger partial charge in [0.25, 0.3) is 0 Å². The summed E-state index contributed by atoms with van der Waals surface area (Å²) in [7, 11) is 4.29. The molecule has 206 valence electrons. The maximum absolute atomic E-state index is 12.9. The van der Waals surface area contributed by atoms with E-state index < -0.39 is 23.5 Å². The van der Waals surface area contributed by atoms with Gasteiger partial charge in [-0.05, 0) is 29.5 Å². The molecule has 0 aromatic heterocycles. The molecule has 0 amide bonds. The summed E-state index contributed by atoms with van der Waals surface area (Å²) in [6, 6.07) is 27.6. The molecule has 2 atom stereocenters. The molecule has 1 saturated heterocycles. The van der Waals surface area contributed by atoms with Gasteiger partial charge in [-0.2, -0.15) is 0 Å². The molecular weight excluding hydrogens is 490 g/mol. The van der Waals surface area contributed by atoms with Crippen LogP contribution >= 0.6 is 0 Å². The number of carbonyl (C=O) groups is 2. The predicted octanol–water partition coefficient (Wildman–Crippen LogP) is 4.02. The number of carbonyl (C=O) groups excluding carboxylic acids is 2. The number of carboxylic acids is 1. The molecule has 2 aliphatic rings. The first-order valence-corrected chi connectivity index (χ1v) is 13.8. The highest BCUT2D eigenvalue weighted by atomic mass is 16.6. The highest BCUT2D eigenvalue weighted by molar-refractivity contribution is 5.82. The van der Waals surface area contributed by atoms with Gasteiger partial charge in [0.15, 0.2) is 11.7 Å². The number of likely N-dealkylation sites (tertiary alicyclic amines) is 1. The van der Waals surface area contributed by atoms with E-state index in [0.29, 0.717) is 5.56 Å². The van der Waals surface area contributed by atoms with Gasteiger partial charge in [-0.25, -0.2) is 4.79 Å². The maximum Gasteiger partial charge on any atom is 0.343 e. The van der Waals surface area contributed by atoms with Crippen molar-refractivity contribution in [3.05, 3.63) is 108 Å². The molecule has 6 heteroatoms. The third-order valence-electron chi connectivity index (χ3n) is 8.00. The SMILES string of the molecule is C[N+]1(C)CCC(OC(=O)C(O)(c2ccccc2)C2CCCC2)C1.O=C([O-])C(c1ccccc1)c1ccccc1. The average Bonchev–Trinajstić information content (AvgIpc) is 3.60. The Morgan fingerprint density at radius 3 is 1.77 bits per heavy atom. The minimum atomic E-state index is -1.50. The van der Waals surface area contributed by atoms with Crippen molar-refractivity contribution in [1.29, 1.82) is 0 Å². The summed E-state index contributed by atoms with van der Waals surface area (Å²) in [6.07, 6.45) is 4.68. The lowest BCUT2D eigenvalue weighted by Gasteiger charge is -2.33. The fourth-order valence-electron chi connectivity index (χ4n) is 5.88. The van der Waals surface area contributed by atoms with Gasteiger partial charge in [-0.15, -0.1) is 0 Å². The number of nitrogens with zero attached hydrogens (tertiary/aromatic N) is 1. The molecule has 2 fully saturated rings. The van der Waals surface area contributed by atoms with Crippen molar-refractivity contribution in [2.24, 2.45) is 5.92 Å². The van der Waals surface area contributed by atoms with E-state index in [-0.39, 0.29) is 12.0 Å². The zero-order valence-electron chi connectivity index (χ0n) is 22.9. The molecule has 3 aromatic carbocycles. The normalized spacial score (nSPS) is 20.1. The van der Waals surface area contributed by atoms with E-state index in [1.807, 2.05) is 66.7 Å². The quantitative estimate of drug-likeness (QED) is 0.369. The van der Waals surface area contributed by atoms with Crippen molar-refractivity contribution in [2.75, 3.05) is 27.2 Å². The van der Waals surface area contributed by atoms with Crippen LogP contribution in [-0.4, -0.2) is 54.8 Å². The summed E-state index contributed by atoms with van der Waals surface area (Å²) in [5.74, 6) is -2.26. The van der Waals surface area contributed by atoms with Gasteiger partial charge < -0.3 is 24.2 Å². The molecule has 0 bridgehead atoms. The maximum atomic E-state index is 12.9. The Morgan fingerprint density at radius 2 is 1.33 bits per heavy atom. The minimum Gasteiger partial charge on any atom is -0.549 e. The number of hydrogen-bond donors (Lipinski definition) is 1. The number of aliphatic hydroxyl groups is 1. The number of hydrogen-bond acceptors (Lipinski definition) is 5. The number of ether oxygens (including phenoxy) is 1. The number of likely N-dealkylation sites (N-methyl/N-ethyl adjacent to an activating group) is 1. The molecule has 3 aromatic rings. The molecule has 0 spiro atoms. The molecule has 1 aliphatic carbocycles. The Bertz CT molecular complexity index is 1170. The molecule has 2 unspecified atom stereocenters. The molecule has 39 heavy (non-hydrogen) atoms. The molecule has 5 rings (SSSR count). The van der Waals surface area contributed by atoms with Gasteiger partial charge in [0, 0.05) is 18.3 Å². The first-order chi connectivity index (χ1) is 18.7. The van der Waals surface area contributed by atoms with Crippen molar-refractivity contribution in [3.63, 3.8) is 0 Å². The van der Waals surface area contributed by atoms with Crippen molar-refractivity contribution in [1.82, 2.24) is 0 Å². The number of aliphatic carboxylic acids is 1. The molecule has 1 aliphatic heterocycles.